The highest BCUT2D eigenvalue weighted by atomic mass is 16.5. The second-order valence-corrected chi connectivity index (χ2v) is 5.34. The smallest absolute Gasteiger partial charge is 0.264 e. The Bertz CT molecular complexity index is 788. The third-order valence-corrected chi connectivity index (χ3v) is 3.71. The van der Waals surface area contributed by atoms with Gasteiger partial charge in [0, 0.05) is 18.3 Å². The van der Waals surface area contributed by atoms with Gasteiger partial charge < -0.3 is 19.7 Å². The molecule has 2 aromatic rings. The number of benzene rings is 2. The van der Waals surface area contributed by atoms with Crippen LogP contribution in [0.15, 0.2) is 42.5 Å². The summed E-state index contributed by atoms with van der Waals surface area (Å²) < 4.78 is 10.8. The molecule has 24 heavy (non-hydrogen) atoms. The Morgan fingerprint density at radius 2 is 2.12 bits per heavy atom. The first-order chi connectivity index (χ1) is 11.6. The van der Waals surface area contributed by atoms with Gasteiger partial charge in [-0.15, -0.1) is 0 Å². The molecule has 0 fully saturated rings. The van der Waals surface area contributed by atoms with Crippen molar-refractivity contribution >= 4 is 23.2 Å². The number of carbonyl (C=O) groups is 2. The van der Waals surface area contributed by atoms with E-state index in [9.17, 15) is 9.59 Å². The summed E-state index contributed by atoms with van der Waals surface area (Å²) in [7, 11) is 1.68. The molecule has 0 saturated carbocycles. The van der Waals surface area contributed by atoms with E-state index in [1.54, 1.807) is 49.5 Å². The normalized spacial score (nSPS) is 13.1. The van der Waals surface area contributed by atoms with E-state index in [0.29, 0.717) is 35.0 Å². The van der Waals surface area contributed by atoms with Crippen LogP contribution < -0.4 is 19.7 Å². The number of hydrogen-bond acceptors (Lipinski definition) is 4. The molecule has 0 bridgehead atoms. The minimum Gasteiger partial charge on any atom is -0.494 e. The number of likely N-dealkylation sites (N-methyl/N-ethyl adjacent to an activating group) is 1. The van der Waals surface area contributed by atoms with Crippen LogP contribution >= 0.6 is 0 Å². The van der Waals surface area contributed by atoms with Gasteiger partial charge in [0.15, 0.2) is 6.61 Å². The first kappa shape index (κ1) is 15.9. The van der Waals surface area contributed by atoms with Crippen LogP contribution in [0.1, 0.15) is 17.3 Å². The van der Waals surface area contributed by atoms with Crippen LogP contribution in [0, 0.1) is 0 Å². The molecule has 0 spiro atoms. The lowest BCUT2D eigenvalue weighted by Gasteiger charge is -2.26. The third kappa shape index (κ3) is 3.17. The molecule has 3 rings (SSSR count). The largest absolute Gasteiger partial charge is 0.494 e. The third-order valence-electron chi connectivity index (χ3n) is 3.71. The zero-order valence-corrected chi connectivity index (χ0v) is 13.5. The highest BCUT2D eigenvalue weighted by Crippen LogP contribution is 2.33. The minimum atomic E-state index is -0.248. The van der Waals surface area contributed by atoms with E-state index in [2.05, 4.69) is 5.32 Å². The summed E-state index contributed by atoms with van der Waals surface area (Å²) >= 11 is 0. The highest BCUT2D eigenvalue weighted by molar-refractivity contribution is 6.05. The molecule has 2 aromatic carbocycles. The van der Waals surface area contributed by atoms with Gasteiger partial charge in [0.1, 0.15) is 11.5 Å². The second-order valence-electron chi connectivity index (χ2n) is 5.34. The molecule has 6 nitrogen and oxygen atoms in total. The molecule has 0 saturated heterocycles. The lowest BCUT2D eigenvalue weighted by atomic mass is 10.1. The van der Waals surface area contributed by atoms with E-state index in [-0.39, 0.29) is 18.4 Å². The van der Waals surface area contributed by atoms with Crippen LogP contribution in [0.25, 0.3) is 0 Å². The van der Waals surface area contributed by atoms with Crippen molar-refractivity contribution in [2.75, 3.05) is 30.5 Å². The van der Waals surface area contributed by atoms with Crippen molar-refractivity contribution in [3.05, 3.63) is 48.0 Å². The Labute approximate surface area is 140 Å². The van der Waals surface area contributed by atoms with E-state index >= 15 is 0 Å². The van der Waals surface area contributed by atoms with Crippen LogP contribution in [0.5, 0.6) is 11.5 Å². The molecule has 0 unspecified atom stereocenters. The van der Waals surface area contributed by atoms with Gasteiger partial charge in [-0.25, -0.2) is 0 Å². The number of nitrogens with zero attached hydrogens (tertiary/aromatic N) is 1. The van der Waals surface area contributed by atoms with Crippen LogP contribution in [0.2, 0.25) is 0 Å². The van der Waals surface area contributed by atoms with Crippen molar-refractivity contribution in [3.63, 3.8) is 0 Å². The van der Waals surface area contributed by atoms with Crippen molar-refractivity contribution < 1.29 is 19.1 Å². The van der Waals surface area contributed by atoms with Gasteiger partial charge in [0.05, 0.1) is 12.3 Å². The van der Waals surface area contributed by atoms with Crippen molar-refractivity contribution in [1.82, 2.24) is 0 Å². The van der Waals surface area contributed by atoms with E-state index < -0.39 is 0 Å². The summed E-state index contributed by atoms with van der Waals surface area (Å²) in [6, 6.07) is 12.2. The molecule has 0 aliphatic carbocycles. The fourth-order valence-corrected chi connectivity index (χ4v) is 2.45. The molecule has 0 aromatic heterocycles. The van der Waals surface area contributed by atoms with Crippen LogP contribution in [0.3, 0.4) is 0 Å². The molecule has 2 amide bonds. The van der Waals surface area contributed by atoms with Gasteiger partial charge >= 0.3 is 0 Å². The monoisotopic (exact) mass is 326 g/mol. The number of hydrogen-bond donors (Lipinski definition) is 1. The summed E-state index contributed by atoms with van der Waals surface area (Å²) in [4.78, 5) is 25.6. The van der Waals surface area contributed by atoms with Crippen molar-refractivity contribution in [2.24, 2.45) is 0 Å². The number of amides is 2. The molecule has 0 atom stereocenters. The van der Waals surface area contributed by atoms with Crippen molar-refractivity contribution in [2.45, 2.75) is 6.92 Å². The maximum absolute atomic E-state index is 12.4. The summed E-state index contributed by atoms with van der Waals surface area (Å²) in [6.45, 7) is 2.45. The van der Waals surface area contributed by atoms with Crippen LogP contribution in [-0.4, -0.2) is 32.1 Å². The lowest BCUT2D eigenvalue weighted by Crippen LogP contribution is -2.35. The topological polar surface area (TPSA) is 67.9 Å². The number of fused-ring (bicyclic) bond motifs is 1. The lowest BCUT2D eigenvalue weighted by molar-refractivity contribution is -0.120. The summed E-state index contributed by atoms with van der Waals surface area (Å²) in [6.07, 6.45) is 0. The standard InChI is InChI=1S/C18H18N2O4/c1-3-23-14-6-4-5-12(9-14)18(22)19-13-7-8-16-15(10-13)20(2)17(21)11-24-16/h4-10H,3,11H2,1-2H3,(H,19,22). The molecular formula is C18H18N2O4. The molecule has 1 aliphatic rings. The Hall–Kier alpha value is -3.02. The first-order valence-corrected chi connectivity index (χ1v) is 7.66. The van der Waals surface area contributed by atoms with Crippen LogP contribution in [-0.2, 0) is 4.79 Å². The summed E-state index contributed by atoms with van der Waals surface area (Å²) in [5.74, 6) is 0.889. The molecule has 1 N–H and O–H groups in total. The zero-order valence-electron chi connectivity index (χ0n) is 13.5. The Morgan fingerprint density at radius 3 is 2.92 bits per heavy atom. The Kier molecular flexibility index (Phi) is 4.37. The predicted octanol–water partition coefficient (Wildman–Crippen LogP) is 2.69. The summed E-state index contributed by atoms with van der Waals surface area (Å²) in [5, 5.41) is 2.83. The average Bonchev–Trinajstić information content (AvgIpc) is 2.59. The Morgan fingerprint density at radius 1 is 1.29 bits per heavy atom. The number of ether oxygens (including phenoxy) is 2. The Balaban J connectivity index is 1.80. The minimum absolute atomic E-state index is 0.0272. The van der Waals surface area contributed by atoms with E-state index in [1.807, 2.05) is 6.92 Å². The number of carbonyl (C=O) groups excluding carboxylic acids is 2. The molecule has 1 aliphatic heterocycles. The van der Waals surface area contributed by atoms with Gasteiger partial charge in [0.25, 0.3) is 11.8 Å². The number of rotatable bonds is 4. The van der Waals surface area contributed by atoms with E-state index in [1.165, 1.54) is 4.90 Å². The van der Waals surface area contributed by atoms with Crippen molar-refractivity contribution in [1.29, 1.82) is 0 Å². The summed E-state index contributed by atoms with van der Waals surface area (Å²) in [5.41, 5.74) is 1.72. The van der Waals surface area contributed by atoms with E-state index in [4.69, 9.17) is 9.47 Å². The van der Waals surface area contributed by atoms with Gasteiger partial charge in [-0.05, 0) is 43.3 Å². The van der Waals surface area contributed by atoms with Gasteiger partial charge in [-0.1, -0.05) is 6.07 Å². The maximum atomic E-state index is 12.4. The SMILES string of the molecule is CCOc1cccc(C(=O)Nc2ccc3c(c2)N(C)C(=O)CO3)c1. The fourth-order valence-electron chi connectivity index (χ4n) is 2.45. The molecule has 0 radical (unpaired) electrons. The first-order valence-electron chi connectivity index (χ1n) is 7.66. The molecular weight excluding hydrogens is 308 g/mol. The van der Waals surface area contributed by atoms with Gasteiger partial charge in [-0.2, -0.15) is 0 Å². The maximum Gasteiger partial charge on any atom is 0.264 e. The molecule has 1 heterocycles. The fraction of sp³-hybridized carbons (Fsp3) is 0.222. The molecule has 6 heteroatoms. The van der Waals surface area contributed by atoms with Crippen LogP contribution in [0.4, 0.5) is 11.4 Å². The predicted molar refractivity (Wildman–Crippen MR) is 90.9 cm³/mol. The molecule has 124 valence electrons. The average molecular weight is 326 g/mol. The van der Waals surface area contributed by atoms with Gasteiger partial charge in [0.2, 0.25) is 0 Å². The number of anilines is 2. The quantitative estimate of drug-likeness (QED) is 0.938. The van der Waals surface area contributed by atoms with Gasteiger partial charge in [-0.3, -0.25) is 9.59 Å². The highest BCUT2D eigenvalue weighted by Gasteiger charge is 2.22. The zero-order chi connectivity index (χ0) is 17.1. The second kappa shape index (κ2) is 6.62. The van der Waals surface area contributed by atoms with Crippen molar-refractivity contribution in [3.8, 4) is 11.5 Å². The van der Waals surface area contributed by atoms with E-state index in [0.717, 1.165) is 0 Å². The number of nitrogens with one attached hydrogen (secondary N) is 1.